The highest BCUT2D eigenvalue weighted by molar-refractivity contribution is 5.74. The second-order valence-electron chi connectivity index (χ2n) is 5.28. The maximum Gasteiger partial charge on any atom is 0.317 e. The van der Waals surface area contributed by atoms with Gasteiger partial charge in [0.2, 0.25) is 0 Å². The summed E-state index contributed by atoms with van der Waals surface area (Å²) in [4.78, 5) is 24.4. The van der Waals surface area contributed by atoms with Gasteiger partial charge in [-0.05, 0) is 19.8 Å². The van der Waals surface area contributed by atoms with Crippen molar-refractivity contribution in [2.75, 3.05) is 20.2 Å². The molecule has 0 aromatic rings. The van der Waals surface area contributed by atoms with Gasteiger partial charge in [-0.2, -0.15) is 0 Å². The quantitative estimate of drug-likeness (QED) is 0.704. The summed E-state index contributed by atoms with van der Waals surface area (Å²) in [5.41, 5.74) is 0. The molecular formula is C13H26N2O4. The molecule has 112 valence electrons. The van der Waals surface area contributed by atoms with Crippen LogP contribution in [0.5, 0.6) is 0 Å². The van der Waals surface area contributed by atoms with Gasteiger partial charge in [0, 0.05) is 26.2 Å². The normalized spacial score (nSPS) is 12.6. The van der Waals surface area contributed by atoms with Crippen LogP contribution in [0.25, 0.3) is 0 Å². The maximum atomic E-state index is 12.0. The molecule has 2 N–H and O–H groups in total. The lowest BCUT2D eigenvalue weighted by Crippen LogP contribution is -2.47. The Morgan fingerprint density at radius 1 is 1.26 bits per heavy atom. The van der Waals surface area contributed by atoms with Gasteiger partial charge in [-0.3, -0.25) is 4.79 Å². The van der Waals surface area contributed by atoms with Crippen molar-refractivity contribution in [3.05, 3.63) is 0 Å². The van der Waals surface area contributed by atoms with Crippen LogP contribution in [0.2, 0.25) is 0 Å². The standard InChI is InChI=1S/C13H26N2O4/c1-9(2)8-15(10(3)4)13(18)14-7-11(19-5)6-12(16)17/h9-11H,6-8H2,1-5H3,(H,14,18)(H,16,17). The van der Waals surface area contributed by atoms with E-state index >= 15 is 0 Å². The predicted octanol–water partition coefficient (Wildman–Crippen LogP) is 1.55. The van der Waals surface area contributed by atoms with E-state index < -0.39 is 12.1 Å². The van der Waals surface area contributed by atoms with Crippen molar-refractivity contribution in [3.63, 3.8) is 0 Å². The number of nitrogens with zero attached hydrogens (tertiary/aromatic N) is 1. The third-order valence-corrected chi connectivity index (χ3v) is 2.66. The number of amides is 2. The summed E-state index contributed by atoms with van der Waals surface area (Å²) < 4.78 is 5.02. The number of rotatable bonds is 8. The van der Waals surface area contributed by atoms with E-state index in [0.29, 0.717) is 12.5 Å². The zero-order valence-electron chi connectivity index (χ0n) is 12.5. The fourth-order valence-corrected chi connectivity index (χ4v) is 1.66. The van der Waals surface area contributed by atoms with E-state index in [9.17, 15) is 9.59 Å². The highest BCUT2D eigenvalue weighted by atomic mass is 16.5. The minimum Gasteiger partial charge on any atom is -0.481 e. The van der Waals surface area contributed by atoms with Crippen molar-refractivity contribution >= 4 is 12.0 Å². The molecule has 1 unspecified atom stereocenters. The van der Waals surface area contributed by atoms with Crippen molar-refractivity contribution in [1.82, 2.24) is 10.2 Å². The first-order valence-corrected chi connectivity index (χ1v) is 6.57. The van der Waals surface area contributed by atoms with Crippen molar-refractivity contribution < 1.29 is 19.4 Å². The third kappa shape index (κ3) is 7.66. The van der Waals surface area contributed by atoms with Crippen LogP contribution in [0.3, 0.4) is 0 Å². The highest BCUT2D eigenvalue weighted by Gasteiger charge is 2.20. The molecule has 0 radical (unpaired) electrons. The van der Waals surface area contributed by atoms with Crippen LogP contribution in [-0.2, 0) is 9.53 Å². The summed E-state index contributed by atoms with van der Waals surface area (Å²) in [7, 11) is 1.44. The fraction of sp³-hybridized carbons (Fsp3) is 0.846. The largest absolute Gasteiger partial charge is 0.481 e. The first kappa shape index (κ1) is 17.7. The molecule has 6 nitrogen and oxygen atoms in total. The predicted molar refractivity (Wildman–Crippen MR) is 73.1 cm³/mol. The highest BCUT2D eigenvalue weighted by Crippen LogP contribution is 2.05. The Morgan fingerprint density at radius 3 is 2.21 bits per heavy atom. The van der Waals surface area contributed by atoms with Crippen LogP contribution in [0.15, 0.2) is 0 Å². The van der Waals surface area contributed by atoms with E-state index in [1.807, 2.05) is 27.7 Å². The molecule has 0 aromatic carbocycles. The minimum atomic E-state index is -0.941. The Hall–Kier alpha value is -1.30. The molecule has 0 saturated carbocycles. The van der Waals surface area contributed by atoms with Gasteiger partial charge in [-0.1, -0.05) is 13.8 Å². The molecule has 0 aliphatic rings. The summed E-state index contributed by atoms with van der Waals surface area (Å²) >= 11 is 0. The van der Waals surface area contributed by atoms with Crippen LogP contribution in [0.4, 0.5) is 4.79 Å². The van der Waals surface area contributed by atoms with Crippen molar-refractivity contribution in [2.45, 2.75) is 46.3 Å². The van der Waals surface area contributed by atoms with Crippen LogP contribution in [0, 0.1) is 5.92 Å². The molecule has 0 aromatic heterocycles. The number of hydrogen-bond donors (Lipinski definition) is 2. The van der Waals surface area contributed by atoms with E-state index in [-0.39, 0.29) is 25.0 Å². The summed E-state index contributed by atoms with van der Waals surface area (Å²) in [6.07, 6.45) is -0.627. The molecule has 6 heteroatoms. The van der Waals surface area contributed by atoms with Gasteiger partial charge in [0.25, 0.3) is 0 Å². The van der Waals surface area contributed by atoms with Gasteiger partial charge >= 0.3 is 12.0 Å². The number of ether oxygens (including phenoxy) is 1. The Labute approximate surface area is 115 Å². The smallest absolute Gasteiger partial charge is 0.317 e. The molecule has 2 amide bonds. The summed E-state index contributed by atoms with van der Waals surface area (Å²) in [5.74, 6) is -0.561. The van der Waals surface area contributed by atoms with Gasteiger partial charge in [0.15, 0.2) is 0 Å². The number of nitrogens with one attached hydrogen (secondary N) is 1. The van der Waals surface area contributed by atoms with Crippen molar-refractivity contribution in [2.24, 2.45) is 5.92 Å². The number of carboxylic acids is 1. The number of carboxylic acid groups (broad SMARTS) is 1. The van der Waals surface area contributed by atoms with Gasteiger partial charge in [0.05, 0.1) is 12.5 Å². The van der Waals surface area contributed by atoms with Gasteiger partial charge in [-0.25, -0.2) is 4.79 Å². The fourth-order valence-electron chi connectivity index (χ4n) is 1.66. The molecule has 0 spiro atoms. The maximum absolute atomic E-state index is 12.0. The van der Waals surface area contributed by atoms with Crippen LogP contribution in [0.1, 0.15) is 34.1 Å². The first-order chi connectivity index (χ1) is 8.77. The summed E-state index contributed by atoms with van der Waals surface area (Å²) in [6, 6.07) is -0.0843. The first-order valence-electron chi connectivity index (χ1n) is 6.57. The number of methoxy groups -OCH3 is 1. The van der Waals surface area contributed by atoms with Gasteiger partial charge in [0.1, 0.15) is 0 Å². The average molecular weight is 274 g/mol. The number of urea groups is 1. The van der Waals surface area contributed by atoms with Gasteiger partial charge in [-0.15, -0.1) is 0 Å². The lowest BCUT2D eigenvalue weighted by atomic mass is 10.2. The monoisotopic (exact) mass is 274 g/mol. The topological polar surface area (TPSA) is 78.9 Å². The van der Waals surface area contributed by atoms with Crippen LogP contribution >= 0.6 is 0 Å². The Balaban J connectivity index is 4.35. The average Bonchev–Trinajstić information content (AvgIpc) is 2.29. The molecular weight excluding hydrogens is 248 g/mol. The number of aliphatic carboxylic acids is 1. The Bertz CT molecular complexity index is 292. The van der Waals surface area contributed by atoms with E-state index in [0.717, 1.165) is 0 Å². The zero-order chi connectivity index (χ0) is 15.0. The number of hydrogen-bond acceptors (Lipinski definition) is 3. The lowest BCUT2D eigenvalue weighted by Gasteiger charge is -2.29. The zero-order valence-corrected chi connectivity index (χ0v) is 12.5. The second kappa shape index (κ2) is 8.74. The third-order valence-electron chi connectivity index (χ3n) is 2.66. The molecule has 1 atom stereocenters. The lowest BCUT2D eigenvalue weighted by molar-refractivity contribution is -0.139. The molecule has 0 heterocycles. The Kier molecular flexibility index (Phi) is 8.14. The molecule has 0 saturated heterocycles. The van der Waals surface area contributed by atoms with Crippen molar-refractivity contribution in [3.8, 4) is 0 Å². The number of carbonyl (C=O) groups is 2. The molecule has 0 aliphatic heterocycles. The van der Waals surface area contributed by atoms with E-state index in [1.165, 1.54) is 7.11 Å². The van der Waals surface area contributed by atoms with Crippen LogP contribution in [-0.4, -0.2) is 54.4 Å². The number of carbonyl (C=O) groups excluding carboxylic acids is 1. The molecule has 0 rings (SSSR count). The Morgan fingerprint density at radius 2 is 1.84 bits per heavy atom. The van der Waals surface area contributed by atoms with Gasteiger partial charge < -0.3 is 20.1 Å². The van der Waals surface area contributed by atoms with E-state index in [2.05, 4.69) is 5.32 Å². The van der Waals surface area contributed by atoms with Crippen LogP contribution < -0.4 is 5.32 Å². The summed E-state index contributed by atoms with van der Waals surface area (Å²) in [6.45, 7) is 8.86. The summed E-state index contributed by atoms with van der Waals surface area (Å²) in [5, 5.41) is 11.4. The molecule has 19 heavy (non-hydrogen) atoms. The second-order valence-corrected chi connectivity index (χ2v) is 5.28. The molecule has 0 bridgehead atoms. The SMILES string of the molecule is COC(CNC(=O)N(CC(C)C)C(C)C)CC(=O)O. The molecule has 0 aliphatic carbocycles. The van der Waals surface area contributed by atoms with E-state index in [4.69, 9.17) is 9.84 Å². The van der Waals surface area contributed by atoms with E-state index in [1.54, 1.807) is 4.90 Å². The van der Waals surface area contributed by atoms with Crippen molar-refractivity contribution in [1.29, 1.82) is 0 Å². The minimum absolute atomic E-state index is 0.0999. The molecule has 0 fully saturated rings.